The molecule has 3 rings (SSSR count). The van der Waals surface area contributed by atoms with E-state index < -0.39 is 22.0 Å². The zero-order chi connectivity index (χ0) is 18.9. The Morgan fingerprint density at radius 3 is 2.65 bits per heavy atom. The van der Waals surface area contributed by atoms with Crippen LogP contribution >= 0.6 is 23.1 Å². The van der Waals surface area contributed by atoms with E-state index in [0.29, 0.717) is 16.2 Å². The second-order valence-electron chi connectivity index (χ2n) is 6.01. The summed E-state index contributed by atoms with van der Waals surface area (Å²) in [6, 6.07) is 3.79. The Bertz CT molecular complexity index is 1040. The summed E-state index contributed by atoms with van der Waals surface area (Å²) in [7, 11) is -3.96. The Hall–Kier alpha value is -1.95. The Balaban J connectivity index is 1.87. The Labute approximate surface area is 159 Å². The smallest absolute Gasteiger partial charge is 0.244 e. The molecule has 138 valence electrons. The van der Waals surface area contributed by atoms with Crippen molar-refractivity contribution in [2.24, 2.45) is 5.92 Å². The fraction of sp³-hybridized carbons (Fsp3) is 0.333. The third-order valence-corrected chi connectivity index (χ3v) is 6.51. The van der Waals surface area contributed by atoms with Gasteiger partial charge in [-0.2, -0.15) is 13.5 Å². The molecule has 3 aromatic rings. The molecule has 0 radical (unpaired) electrons. The van der Waals surface area contributed by atoms with Crippen LogP contribution in [0.2, 0.25) is 0 Å². The molecule has 1 unspecified atom stereocenters. The first kappa shape index (κ1) is 18.8. The first-order valence-electron chi connectivity index (χ1n) is 7.74. The number of amides is 1. The predicted molar refractivity (Wildman–Crippen MR) is 102 cm³/mol. The number of nitrogens with one attached hydrogen (secondary N) is 2. The van der Waals surface area contributed by atoms with Gasteiger partial charge in [-0.25, -0.2) is 13.4 Å². The predicted octanol–water partition coefficient (Wildman–Crippen LogP) is 2.40. The van der Waals surface area contributed by atoms with Crippen LogP contribution in [0.3, 0.4) is 0 Å². The van der Waals surface area contributed by atoms with Crippen LogP contribution in [0, 0.1) is 12.8 Å². The number of rotatable bonds is 6. The highest BCUT2D eigenvalue weighted by atomic mass is 32.2. The molecule has 0 saturated carbocycles. The molecule has 2 N–H and O–H groups in total. The number of aromatic nitrogens is 3. The van der Waals surface area contributed by atoms with Crippen molar-refractivity contribution in [3.05, 3.63) is 29.3 Å². The molecule has 0 aliphatic carbocycles. The van der Waals surface area contributed by atoms with E-state index in [1.54, 1.807) is 31.4 Å². The number of carbonyl (C=O) groups excluding carboxylic acids is 1. The Kier molecular flexibility index (Phi) is 5.32. The van der Waals surface area contributed by atoms with Gasteiger partial charge in [-0.15, -0.1) is 11.3 Å². The molecular weight excluding hydrogens is 394 g/mol. The maximum Gasteiger partial charge on any atom is 0.244 e. The summed E-state index contributed by atoms with van der Waals surface area (Å²) >= 11 is 2.23. The summed E-state index contributed by atoms with van der Waals surface area (Å²) in [5.41, 5.74) is 1.58. The lowest BCUT2D eigenvalue weighted by atomic mass is 10.1. The maximum absolute atomic E-state index is 12.9. The summed E-state index contributed by atoms with van der Waals surface area (Å²) in [5.74, 6) is -0.722. The van der Waals surface area contributed by atoms with Crippen LogP contribution in [0.1, 0.15) is 19.5 Å². The van der Waals surface area contributed by atoms with Crippen molar-refractivity contribution in [2.75, 3.05) is 5.32 Å². The van der Waals surface area contributed by atoms with Gasteiger partial charge in [-0.3, -0.25) is 4.79 Å². The number of aryl methyl sites for hydroxylation is 1. The fourth-order valence-electron chi connectivity index (χ4n) is 2.32. The van der Waals surface area contributed by atoms with Crippen LogP contribution in [0.5, 0.6) is 0 Å². The van der Waals surface area contributed by atoms with E-state index >= 15 is 0 Å². The molecule has 0 bridgehead atoms. The molecule has 8 nitrogen and oxygen atoms in total. The molecule has 2 aromatic heterocycles. The molecule has 1 amide bonds. The van der Waals surface area contributed by atoms with Crippen molar-refractivity contribution in [1.82, 2.24) is 18.5 Å². The lowest BCUT2D eigenvalue weighted by Crippen LogP contribution is -2.47. The van der Waals surface area contributed by atoms with Crippen LogP contribution in [-0.4, -0.2) is 34.1 Å². The summed E-state index contributed by atoms with van der Waals surface area (Å²) in [5, 5.41) is 4.91. The molecule has 11 heteroatoms. The minimum Gasteiger partial charge on any atom is -0.301 e. The van der Waals surface area contributed by atoms with Gasteiger partial charge in [0, 0.05) is 5.38 Å². The van der Waals surface area contributed by atoms with Crippen molar-refractivity contribution in [3.63, 3.8) is 0 Å². The quantitative estimate of drug-likeness (QED) is 0.644. The van der Waals surface area contributed by atoms with E-state index in [-0.39, 0.29) is 10.8 Å². The monoisotopic (exact) mass is 411 g/mol. The third kappa shape index (κ3) is 3.90. The van der Waals surface area contributed by atoms with Gasteiger partial charge in [0.1, 0.15) is 22.0 Å². The second-order valence-corrected chi connectivity index (χ2v) is 9.08. The van der Waals surface area contributed by atoms with Crippen LogP contribution in [-0.2, 0) is 14.8 Å². The first-order valence-corrected chi connectivity index (χ1v) is 10.8. The Morgan fingerprint density at radius 1 is 1.23 bits per heavy atom. The van der Waals surface area contributed by atoms with Crippen LogP contribution < -0.4 is 10.0 Å². The summed E-state index contributed by atoms with van der Waals surface area (Å²) in [6.07, 6.45) is 0. The van der Waals surface area contributed by atoms with Crippen LogP contribution in [0.4, 0.5) is 5.13 Å². The average molecular weight is 412 g/mol. The summed E-state index contributed by atoms with van der Waals surface area (Å²) in [4.78, 5) is 16.8. The lowest BCUT2D eigenvalue weighted by molar-refractivity contribution is -0.118. The molecule has 2 heterocycles. The van der Waals surface area contributed by atoms with E-state index in [2.05, 4.69) is 23.8 Å². The van der Waals surface area contributed by atoms with Crippen LogP contribution in [0.25, 0.3) is 11.0 Å². The summed E-state index contributed by atoms with van der Waals surface area (Å²) in [6.45, 7) is 5.35. The van der Waals surface area contributed by atoms with Crippen molar-refractivity contribution < 1.29 is 13.2 Å². The topological polar surface area (TPSA) is 114 Å². The molecule has 0 aliphatic heterocycles. The van der Waals surface area contributed by atoms with Gasteiger partial charge in [0.2, 0.25) is 15.9 Å². The number of anilines is 1. The minimum absolute atomic E-state index is 0.00675. The Morgan fingerprint density at radius 2 is 2.00 bits per heavy atom. The van der Waals surface area contributed by atoms with Crippen molar-refractivity contribution in [1.29, 1.82) is 0 Å². The zero-order valence-electron chi connectivity index (χ0n) is 14.3. The summed E-state index contributed by atoms with van der Waals surface area (Å²) < 4.78 is 36.3. The number of hydrogen-bond donors (Lipinski definition) is 2. The van der Waals surface area contributed by atoms with Gasteiger partial charge in [-0.05, 0) is 25.0 Å². The van der Waals surface area contributed by atoms with E-state index in [1.807, 2.05) is 6.92 Å². The highest BCUT2D eigenvalue weighted by Crippen LogP contribution is 2.22. The van der Waals surface area contributed by atoms with Crippen molar-refractivity contribution in [3.8, 4) is 0 Å². The minimum atomic E-state index is -3.96. The van der Waals surface area contributed by atoms with E-state index in [0.717, 1.165) is 17.4 Å². The van der Waals surface area contributed by atoms with Gasteiger partial charge in [0.25, 0.3) is 0 Å². The molecule has 0 saturated heterocycles. The number of benzene rings is 1. The van der Waals surface area contributed by atoms with Gasteiger partial charge < -0.3 is 5.32 Å². The average Bonchev–Trinajstić information content (AvgIpc) is 3.20. The molecule has 0 spiro atoms. The van der Waals surface area contributed by atoms with Crippen molar-refractivity contribution in [2.45, 2.75) is 31.7 Å². The van der Waals surface area contributed by atoms with Gasteiger partial charge in [0.05, 0.1) is 17.4 Å². The van der Waals surface area contributed by atoms with Gasteiger partial charge >= 0.3 is 0 Å². The molecular formula is C15H17N5O3S3. The molecule has 1 atom stereocenters. The SMILES string of the molecule is Cc1csc(NC(=O)C(NS(=O)(=O)c2cccc3nsnc23)C(C)C)n1. The highest BCUT2D eigenvalue weighted by Gasteiger charge is 2.30. The third-order valence-electron chi connectivity index (χ3n) is 3.62. The van der Waals surface area contributed by atoms with Crippen molar-refractivity contribution >= 4 is 55.2 Å². The van der Waals surface area contributed by atoms with E-state index in [9.17, 15) is 13.2 Å². The second kappa shape index (κ2) is 7.35. The largest absolute Gasteiger partial charge is 0.301 e. The molecule has 0 aliphatic rings. The lowest BCUT2D eigenvalue weighted by Gasteiger charge is -2.21. The maximum atomic E-state index is 12.9. The molecule has 0 fully saturated rings. The van der Waals surface area contributed by atoms with E-state index in [1.165, 1.54) is 17.4 Å². The normalized spacial score (nSPS) is 13.2. The number of fused-ring (bicyclic) bond motifs is 1. The highest BCUT2D eigenvalue weighted by molar-refractivity contribution is 7.89. The number of hydrogen-bond acceptors (Lipinski definition) is 8. The molecule has 1 aromatic carbocycles. The number of nitrogens with zero attached hydrogens (tertiary/aromatic N) is 3. The van der Waals surface area contributed by atoms with Gasteiger partial charge in [-0.1, -0.05) is 19.9 Å². The number of thiazole rings is 1. The fourth-order valence-corrected chi connectivity index (χ4v) is 5.12. The standard InChI is InChI=1S/C15H17N5O3S3/c1-8(2)12(14(21)17-15-16-9(3)7-24-15)20-26(22,23)11-6-4-5-10-13(11)19-25-18-10/h4-8,12,20H,1-3H3,(H,16,17,21). The number of sulfonamides is 1. The zero-order valence-corrected chi connectivity index (χ0v) is 16.7. The first-order chi connectivity index (χ1) is 12.3. The van der Waals surface area contributed by atoms with Gasteiger partial charge in [0.15, 0.2) is 5.13 Å². The van der Waals surface area contributed by atoms with Crippen LogP contribution in [0.15, 0.2) is 28.5 Å². The number of carbonyl (C=O) groups is 1. The molecule has 26 heavy (non-hydrogen) atoms. The van der Waals surface area contributed by atoms with E-state index in [4.69, 9.17) is 0 Å².